The van der Waals surface area contributed by atoms with Crippen molar-refractivity contribution in [3.63, 3.8) is 0 Å². The summed E-state index contributed by atoms with van der Waals surface area (Å²) in [5.41, 5.74) is 0.895. The van der Waals surface area contributed by atoms with Gasteiger partial charge in [-0.05, 0) is 38.0 Å². The van der Waals surface area contributed by atoms with Crippen LogP contribution in [0.3, 0.4) is 0 Å². The van der Waals surface area contributed by atoms with Crippen LogP contribution < -0.4 is 5.32 Å². The van der Waals surface area contributed by atoms with E-state index >= 15 is 0 Å². The highest BCUT2D eigenvalue weighted by Crippen LogP contribution is 2.15. The van der Waals surface area contributed by atoms with Gasteiger partial charge >= 0.3 is 0 Å². The number of carbonyl (C=O) groups is 1. The van der Waals surface area contributed by atoms with E-state index in [-0.39, 0.29) is 23.6 Å². The summed E-state index contributed by atoms with van der Waals surface area (Å²) in [4.78, 5) is 11.9. The first kappa shape index (κ1) is 12.0. The highest BCUT2D eigenvalue weighted by Gasteiger charge is 2.26. The Bertz CT molecular complexity index is 433. The van der Waals surface area contributed by atoms with Gasteiger partial charge in [0.05, 0.1) is 17.7 Å². The van der Waals surface area contributed by atoms with Crippen LogP contribution in [0, 0.1) is 12.7 Å². The summed E-state index contributed by atoms with van der Waals surface area (Å²) in [6, 6.07) is 4.58. The molecule has 1 aromatic carbocycles. The number of hydrogen-bond donors (Lipinski definition) is 1. The number of rotatable bonds is 2. The molecule has 1 aromatic rings. The van der Waals surface area contributed by atoms with Crippen LogP contribution in [-0.2, 0) is 4.74 Å². The van der Waals surface area contributed by atoms with Gasteiger partial charge in [-0.1, -0.05) is 6.07 Å². The van der Waals surface area contributed by atoms with Crippen molar-refractivity contribution < 1.29 is 13.9 Å². The molecule has 1 N–H and O–H groups in total. The van der Waals surface area contributed by atoms with E-state index in [1.54, 1.807) is 13.0 Å². The predicted octanol–water partition coefficient (Wildman–Crippen LogP) is 2.04. The lowest BCUT2D eigenvalue weighted by Crippen LogP contribution is -2.39. The van der Waals surface area contributed by atoms with Crippen molar-refractivity contribution in [1.29, 1.82) is 0 Å². The second kappa shape index (κ2) is 4.84. The van der Waals surface area contributed by atoms with Crippen LogP contribution in [0.15, 0.2) is 18.2 Å². The van der Waals surface area contributed by atoms with Gasteiger partial charge in [0.1, 0.15) is 5.82 Å². The Morgan fingerprint density at radius 1 is 1.53 bits per heavy atom. The number of amides is 1. The van der Waals surface area contributed by atoms with Gasteiger partial charge in [0.2, 0.25) is 0 Å². The second-order valence-electron chi connectivity index (χ2n) is 4.43. The average Bonchev–Trinajstić information content (AvgIpc) is 2.64. The topological polar surface area (TPSA) is 38.3 Å². The first-order valence-corrected chi connectivity index (χ1v) is 5.76. The van der Waals surface area contributed by atoms with Crippen LogP contribution in [0.25, 0.3) is 0 Å². The Morgan fingerprint density at radius 2 is 2.29 bits per heavy atom. The molecule has 0 aromatic heterocycles. The molecule has 1 amide bonds. The highest BCUT2D eigenvalue weighted by molar-refractivity contribution is 5.94. The van der Waals surface area contributed by atoms with Crippen LogP contribution in [-0.4, -0.2) is 24.7 Å². The van der Waals surface area contributed by atoms with E-state index in [9.17, 15) is 9.18 Å². The molecule has 1 aliphatic rings. The van der Waals surface area contributed by atoms with Crippen molar-refractivity contribution >= 4 is 5.91 Å². The Labute approximate surface area is 100.0 Å². The molecule has 4 heteroatoms. The summed E-state index contributed by atoms with van der Waals surface area (Å²) in [5, 5.41) is 2.80. The number of halogens is 1. The van der Waals surface area contributed by atoms with Gasteiger partial charge in [-0.15, -0.1) is 0 Å². The fourth-order valence-electron chi connectivity index (χ4n) is 1.97. The number of ether oxygens (including phenoxy) is 1. The predicted molar refractivity (Wildman–Crippen MR) is 62.4 cm³/mol. The van der Waals surface area contributed by atoms with E-state index in [1.807, 2.05) is 6.92 Å². The molecule has 17 heavy (non-hydrogen) atoms. The third-order valence-electron chi connectivity index (χ3n) is 3.06. The molecule has 3 nitrogen and oxygen atoms in total. The van der Waals surface area contributed by atoms with Crippen molar-refractivity contribution in [3.8, 4) is 0 Å². The van der Waals surface area contributed by atoms with Crippen LogP contribution >= 0.6 is 0 Å². The summed E-state index contributed by atoms with van der Waals surface area (Å²) >= 11 is 0. The molecule has 0 spiro atoms. The summed E-state index contributed by atoms with van der Waals surface area (Å²) < 4.78 is 18.9. The van der Waals surface area contributed by atoms with E-state index in [2.05, 4.69) is 5.32 Å². The maximum atomic E-state index is 13.6. The SMILES string of the molecule is Cc1ccc(C(=O)NC2CCOC2C)c(F)c1. The van der Waals surface area contributed by atoms with Crippen molar-refractivity contribution in [2.45, 2.75) is 32.4 Å². The average molecular weight is 237 g/mol. The minimum Gasteiger partial charge on any atom is -0.376 e. The zero-order valence-electron chi connectivity index (χ0n) is 10.00. The fraction of sp³-hybridized carbons (Fsp3) is 0.462. The molecule has 1 heterocycles. The number of carbonyl (C=O) groups excluding carboxylic acids is 1. The molecule has 1 fully saturated rings. The van der Waals surface area contributed by atoms with Crippen molar-refractivity contribution in [2.24, 2.45) is 0 Å². The van der Waals surface area contributed by atoms with Gasteiger partial charge in [0, 0.05) is 6.61 Å². The van der Waals surface area contributed by atoms with Gasteiger partial charge < -0.3 is 10.1 Å². The summed E-state index contributed by atoms with van der Waals surface area (Å²) in [7, 11) is 0. The lowest BCUT2D eigenvalue weighted by molar-refractivity contribution is 0.0862. The molecular formula is C13H16FNO2. The zero-order valence-corrected chi connectivity index (χ0v) is 10.00. The highest BCUT2D eigenvalue weighted by atomic mass is 19.1. The van der Waals surface area contributed by atoms with Crippen molar-refractivity contribution in [3.05, 3.63) is 35.1 Å². The quantitative estimate of drug-likeness (QED) is 0.854. The number of nitrogens with one attached hydrogen (secondary N) is 1. The standard InChI is InChI=1S/C13H16FNO2/c1-8-3-4-10(11(14)7-8)13(16)15-12-5-6-17-9(12)2/h3-4,7,9,12H,5-6H2,1-2H3,(H,15,16). The maximum absolute atomic E-state index is 13.6. The lowest BCUT2D eigenvalue weighted by atomic mass is 10.1. The third kappa shape index (κ3) is 2.64. The van der Waals surface area contributed by atoms with Crippen LogP contribution in [0.5, 0.6) is 0 Å². The van der Waals surface area contributed by atoms with E-state index < -0.39 is 5.82 Å². The van der Waals surface area contributed by atoms with Gasteiger partial charge in [-0.25, -0.2) is 4.39 Å². The molecule has 0 radical (unpaired) electrons. The Balaban J connectivity index is 2.09. The van der Waals surface area contributed by atoms with Crippen LogP contribution in [0.4, 0.5) is 4.39 Å². The normalized spacial score (nSPS) is 23.7. The number of aryl methyl sites for hydroxylation is 1. The third-order valence-corrected chi connectivity index (χ3v) is 3.06. The van der Waals surface area contributed by atoms with Crippen molar-refractivity contribution in [1.82, 2.24) is 5.32 Å². The minimum atomic E-state index is -0.478. The Hall–Kier alpha value is -1.42. The summed E-state index contributed by atoms with van der Waals surface area (Å²) in [6.07, 6.45) is 0.771. The lowest BCUT2D eigenvalue weighted by Gasteiger charge is -2.16. The van der Waals surface area contributed by atoms with E-state index in [4.69, 9.17) is 4.74 Å². The first-order chi connectivity index (χ1) is 8.08. The number of hydrogen-bond acceptors (Lipinski definition) is 2. The molecule has 0 aliphatic carbocycles. The maximum Gasteiger partial charge on any atom is 0.254 e. The Kier molecular flexibility index (Phi) is 3.43. The number of benzene rings is 1. The summed E-state index contributed by atoms with van der Waals surface area (Å²) in [6.45, 7) is 4.34. The molecule has 1 aliphatic heterocycles. The molecule has 2 rings (SSSR count). The molecule has 0 bridgehead atoms. The van der Waals surface area contributed by atoms with Crippen molar-refractivity contribution in [2.75, 3.05) is 6.61 Å². The largest absolute Gasteiger partial charge is 0.376 e. The van der Waals surface area contributed by atoms with Crippen LogP contribution in [0.2, 0.25) is 0 Å². The monoisotopic (exact) mass is 237 g/mol. The first-order valence-electron chi connectivity index (χ1n) is 5.76. The smallest absolute Gasteiger partial charge is 0.254 e. The fourth-order valence-corrected chi connectivity index (χ4v) is 1.97. The molecule has 0 saturated carbocycles. The second-order valence-corrected chi connectivity index (χ2v) is 4.43. The molecule has 1 saturated heterocycles. The van der Waals surface area contributed by atoms with Crippen LogP contribution in [0.1, 0.15) is 29.3 Å². The van der Waals surface area contributed by atoms with E-state index in [0.717, 1.165) is 12.0 Å². The molecule has 2 atom stereocenters. The van der Waals surface area contributed by atoms with E-state index in [0.29, 0.717) is 6.61 Å². The van der Waals surface area contributed by atoms with E-state index in [1.165, 1.54) is 12.1 Å². The molecule has 92 valence electrons. The molecule has 2 unspecified atom stereocenters. The minimum absolute atomic E-state index is 0.00698. The van der Waals surface area contributed by atoms with Gasteiger partial charge in [0.15, 0.2) is 0 Å². The zero-order chi connectivity index (χ0) is 12.4. The molecular weight excluding hydrogens is 221 g/mol. The summed E-state index contributed by atoms with van der Waals surface area (Å²) in [5.74, 6) is -0.848. The van der Waals surface area contributed by atoms with Gasteiger partial charge in [0.25, 0.3) is 5.91 Å². The van der Waals surface area contributed by atoms with Gasteiger partial charge in [-0.2, -0.15) is 0 Å². The van der Waals surface area contributed by atoms with Gasteiger partial charge in [-0.3, -0.25) is 4.79 Å². The Morgan fingerprint density at radius 3 is 2.88 bits per heavy atom.